The fraction of sp³-hybridized carbons (Fsp3) is 0.333. The van der Waals surface area contributed by atoms with Gasteiger partial charge in [0.2, 0.25) is 0 Å². The molecule has 1 rings (SSSR count). The average Bonchev–Trinajstić information content (AvgIpc) is 2.04. The van der Waals surface area contributed by atoms with Gasteiger partial charge in [0.05, 0.1) is 11.3 Å². The van der Waals surface area contributed by atoms with Crippen molar-refractivity contribution in [1.82, 2.24) is 9.88 Å². The molecule has 1 aromatic heterocycles. The first-order valence-electron chi connectivity index (χ1n) is 3.92. The van der Waals surface area contributed by atoms with Crippen molar-refractivity contribution in [3.8, 4) is 0 Å². The molecule has 1 heterocycles. The van der Waals surface area contributed by atoms with Crippen molar-refractivity contribution < 1.29 is 9.90 Å². The predicted molar refractivity (Wildman–Crippen MR) is 55.7 cm³/mol. The summed E-state index contributed by atoms with van der Waals surface area (Å²) >= 11 is 0. The van der Waals surface area contributed by atoms with Crippen LogP contribution in [0.15, 0.2) is 18.3 Å². The van der Waals surface area contributed by atoms with E-state index in [9.17, 15) is 4.79 Å². The second-order valence-electron chi connectivity index (χ2n) is 3.08. The maximum absolute atomic E-state index is 10.5. The van der Waals surface area contributed by atoms with Crippen molar-refractivity contribution in [2.75, 3.05) is 14.1 Å². The van der Waals surface area contributed by atoms with Crippen molar-refractivity contribution in [1.29, 1.82) is 0 Å². The summed E-state index contributed by atoms with van der Waals surface area (Å²) in [7, 11) is 3.87. The Morgan fingerprint density at radius 2 is 2.14 bits per heavy atom. The van der Waals surface area contributed by atoms with Crippen LogP contribution in [-0.4, -0.2) is 64.6 Å². The fourth-order valence-electron chi connectivity index (χ4n) is 0.969. The van der Waals surface area contributed by atoms with Gasteiger partial charge in [0.1, 0.15) is 0 Å². The molecule has 0 aliphatic rings. The number of aromatic carboxylic acids is 1. The molecule has 72 valence electrons. The van der Waals surface area contributed by atoms with Crippen molar-refractivity contribution in [2.45, 2.75) is 6.54 Å². The van der Waals surface area contributed by atoms with Crippen LogP contribution in [-0.2, 0) is 6.54 Å². The molecular formula is C9H13N2NaO2. The van der Waals surface area contributed by atoms with Crippen LogP contribution in [0, 0.1) is 0 Å². The maximum atomic E-state index is 10.5. The molecule has 0 aliphatic carbocycles. The number of aromatic nitrogens is 1. The van der Waals surface area contributed by atoms with E-state index in [-0.39, 0.29) is 35.1 Å². The van der Waals surface area contributed by atoms with Crippen molar-refractivity contribution in [2.24, 2.45) is 0 Å². The molecule has 0 bridgehead atoms. The normalized spacial score (nSPS) is 9.64. The van der Waals surface area contributed by atoms with Gasteiger partial charge in [-0.25, -0.2) is 4.79 Å². The summed E-state index contributed by atoms with van der Waals surface area (Å²) in [4.78, 5) is 16.5. The Bertz CT molecular complexity index is 298. The molecule has 0 fully saturated rings. The van der Waals surface area contributed by atoms with E-state index in [2.05, 4.69) is 4.98 Å². The van der Waals surface area contributed by atoms with Gasteiger partial charge in [0.15, 0.2) is 0 Å². The molecule has 0 aromatic carbocycles. The van der Waals surface area contributed by atoms with E-state index >= 15 is 0 Å². The number of carbonyl (C=O) groups is 1. The van der Waals surface area contributed by atoms with E-state index in [1.807, 2.05) is 19.0 Å². The van der Waals surface area contributed by atoms with Crippen LogP contribution in [0.1, 0.15) is 16.1 Å². The standard InChI is InChI=1S/C9H12N2O2.Na.H/c1-11(2)6-8-4-3-7(5-10-8)9(12)13;;/h3-5H,6H2,1-2H3,(H,12,13);;. The molecule has 4 nitrogen and oxygen atoms in total. The molecule has 14 heavy (non-hydrogen) atoms. The topological polar surface area (TPSA) is 53.4 Å². The van der Waals surface area contributed by atoms with Gasteiger partial charge in [-0.3, -0.25) is 4.98 Å². The van der Waals surface area contributed by atoms with Crippen LogP contribution in [0.2, 0.25) is 0 Å². The molecule has 0 aliphatic heterocycles. The molecule has 0 atom stereocenters. The first-order chi connectivity index (χ1) is 6.09. The molecule has 0 saturated heterocycles. The predicted octanol–water partition coefficient (Wildman–Crippen LogP) is 0.193. The molecule has 0 amide bonds. The molecular weight excluding hydrogens is 191 g/mol. The van der Waals surface area contributed by atoms with Crippen molar-refractivity contribution in [3.63, 3.8) is 0 Å². The minimum absolute atomic E-state index is 0. The third kappa shape index (κ3) is 4.19. The SMILES string of the molecule is CN(C)Cc1ccc(C(=O)O)cn1.[NaH]. The summed E-state index contributed by atoms with van der Waals surface area (Å²) in [6.07, 6.45) is 1.38. The number of carboxylic acid groups (broad SMARTS) is 1. The summed E-state index contributed by atoms with van der Waals surface area (Å²) in [5, 5.41) is 8.61. The Morgan fingerprint density at radius 1 is 1.50 bits per heavy atom. The van der Waals surface area contributed by atoms with E-state index in [1.54, 1.807) is 12.1 Å². The van der Waals surface area contributed by atoms with E-state index in [0.29, 0.717) is 0 Å². The van der Waals surface area contributed by atoms with Gasteiger partial charge in [0.25, 0.3) is 0 Å². The van der Waals surface area contributed by atoms with Gasteiger partial charge >= 0.3 is 35.5 Å². The molecule has 1 N–H and O–H groups in total. The number of nitrogens with zero attached hydrogens (tertiary/aromatic N) is 2. The number of hydrogen-bond acceptors (Lipinski definition) is 3. The zero-order valence-electron chi connectivity index (χ0n) is 7.69. The van der Waals surface area contributed by atoms with E-state index in [0.717, 1.165) is 12.2 Å². The van der Waals surface area contributed by atoms with Gasteiger partial charge < -0.3 is 10.0 Å². The number of pyridine rings is 1. The number of carboxylic acids is 1. The van der Waals surface area contributed by atoms with Crippen molar-refractivity contribution >= 4 is 35.5 Å². The van der Waals surface area contributed by atoms with Crippen LogP contribution < -0.4 is 0 Å². The first kappa shape index (κ1) is 13.6. The molecule has 0 radical (unpaired) electrons. The molecule has 0 unspecified atom stereocenters. The zero-order chi connectivity index (χ0) is 9.84. The van der Waals surface area contributed by atoms with Gasteiger partial charge in [0, 0.05) is 12.7 Å². The zero-order valence-corrected chi connectivity index (χ0v) is 7.69. The van der Waals surface area contributed by atoms with Gasteiger partial charge in [-0.1, -0.05) is 0 Å². The Morgan fingerprint density at radius 3 is 2.50 bits per heavy atom. The summed E-state index contributed by atoms with van der Waals surface area (Å²) < 4.78 is 0. The average molecular weight is 204 g/mol. The Balaban J connectivity index is 0.00000169. The molecule has 0 spiro atoms. The van der Waals surface area contributed by atoms with Gasteiger partial charge in [-0.15, -0.1) is 0 Å². The minimum atomic E-state index is -0.941. The van der Waals surface area contributed by atoms with Crippen molar-refractivity contribution in [3.05, 3.63) is 29.6 Å². The second-order valence-corrected chi connectivity index (χ2v) is 3.08. The fourth-order valence-corrected chi connectivity index (χ4v) is 0.969. The summed E-state index contributed by atoms with van der Waals surface area (Å²) in [5.74, 6) is -0.941. The van der Waals surface area contributed by atoms with Gasteiger partial charge in [-0.05, 0) is 26.2 Å². The van der Waals surface area contributed by atoms with Crippen LogP contribution in [0.3, 0.4) is 0 Å². The van der Waals surface area contributed by atoms with Gasteiger partial charge in [-0.2, -0.15) is 0 Å². The van der Waals surface area contributed by atoms with E-state index < -0.39 is 5.97 Å². The summed E-state index contributed by atoms with van der Waals surface area (Å²) in [6.45, 7) is 0.722. The quantitative estimate of drug-likeness (QED) is 0.714. The van der Waals surface area contributed by atoms with Crippen LogP contribution in [0.4, 0.5) is 0 Å². The first-order valence-corrected chi connectivity index (χ1v) is 3.92. The number of rotatable bonds is 3. The monoisotopic (exact) mass is 204 g/mol. The summed E-state index contributed by atoms with van der Waals surface area (Å²) in [6, 6.07) is 3.29. The Kier molecular flexibility index (Phi) is 5.95. The van der Waals surface area contributed by atoms with E-state index in [1.165, 1.54) is 6.20 Å². The number of hydrogen-bond donors (Lipinski definition) is 1. The van der Waals surface area contributed by atoms with E-state index in [4.69, 9.17) is 5.11 Å². The second kappa shape index (κ2) is 6.14. The molecule has 1 aromatic rings. The molecule has 0 saturated carbocycles. The summed E-state index contributed by atoms with van der Waals surface area (Å²) in [5.41, 5.74) is 1.09. The third-order valence-corrected chi connectivity index (χ3v) is 1.55. The van der Waals surface area contributed by atoms with Crippen LogP contribution in [0.25, 0.3) is 0 Å². The Hall–Kier alpha value is -0.420. The van der Waals surface area contributed by atoms with Crippen LogP contribution >= 0.6 is 0 Å². The van der Waals surface area contributed by atoms with Crippen LogP contribution in [0.5, 0.6) is 0 Å². The Labute approximate surface area is 105 Å². The third-order valence-electron chi connectivity index (χ3n) is 1.55. The molecule has 5 heteroatoms.